The van der Waals surface area contributed by atoms with E-state index >= 15 is 0 Å². The first-order valence-electron chi connectivity index (χ1n) is 4.83. The molecule has 0 aliphatic rings. The van der Waals surface area contributed by atoms with Gasteiger partial charge in [-0.2, -0.15) is 4.98 Å². The molecule has 5 nitrogen and oxygen atoms in total. The van der Waals surface area contributed by atoms with Crippen LogP contribution in [0.1, 0.15) is 18.6 Å². The molecule has 0 atom stereocenters. The van der Waals surface area contributed by atoms with Crippen LogP contribution in [0.3, 0.4) is 0 Å². The summed E-state index contributed by atoms with van der Waals surface area (Å²) in [6.45, 7) is 2.20. The van der Waals surface area contributed by atoms with Gasteiger partial charge >= 0.3 is 0 Å². The minimum atomic E-state index is 0.257. The second-order valence-electron chi connectivity index (χ2n) is 3.06. The van der Waals surface area contributed by atoms with E-state index in [4.69, 9.17) is 20.9 Å². The summed E-state index contributed by atoms with van der Waals surface area (Å²) in [5.41, 5.74) is 0. The van der Waals surface area contributed by atoms with Crippen molar-refractivity contribution in [2.45, 2.75) is 20.0 Å². The van der Waals surface area contributed by atoms with Crippen molar-refractivity contribution in [3.8, 4) is 5.75 Å². The number of aromatic nitrogens is 3. The maximum atomic E-state index is 5.64. The van der Waals surface area contributed by atoms with Gasteiger partial charge in [-0.3, -0.25) is 0 Å². The molecule has 0 spiro atoms. The molecule has 2 aromatic rings. The zero-order valence-corrected chi connectivity index (χ0v) is 9.44. The topological polar surface area (TPSA) is 61.0 Å². The Morgan fingerprint density at radius 1 is 1.44 bits per heavy atom. The van der Waals surface area contributed by atoms with E-state index in [1.54, 1.807) is 18.3 Å². The Labute approximate surface area is 97.4 Å². The molecule has 84 valence electrons. The molecule has 0 aromatic carbocycles. The fourth-order valence-corrected chi connectivity index (χ4v) is 1.20. The van der Waals surface area contributed by atoms with Crippen LogP contribution in [0.4, 0.5) is 0 Å². The van der Waals surface area contributed by atoms with Crippen LogP contribution in [0.5, 0.6) is 5.75 Å². The third-order valence-electron chi connectivity index (χ3n) is 1.88. The maximum Gasteiger partial charge on any atom is 0.226 e. The lowest BCUT2D eigenvalue weighted by Gasteiger charge is -2.01. The zero-order chi connectivity index (χ0) is 11.4. The fraction of sp³-hybridized carbons (Fsp3) is 0.300. The lowest BCUT2D eigenvalue weighted by atomic mass is 10.4. The highest BCUT2D eigenvalue weighted by molar-refractivity contribution is 6.29. The Morgan fingerprint density at radius 2 is 2.31 bits per heavy atom. The molecule has 0 N–H and O–H groups in total. The summed E-state index contributed by atoms with van der Waals surface area (Å²) in [6, 6.07) is 3.39. The summed E-state index contributed by atoms with van der Waals surface area (Å²) in [4.78, 5) is 8.00. The molecule has 0 saturated heterocycles. The van der Waals surface area contributed by atoms with E-state index in [-0.39, 0.29) is 6.61 Å². The first-order chi connectivity index (χ1) is 7.78. The average molecular weight is 240 g/mol. The Kier molecular flexibility index (Phi) is 3.36. The minimum absolute atomic E-state index is 0.257. The van der Waals surface area contributed by atoms with E-state index in [0.29, 0.717) is 22.6 Å². The molecule has 6 heteroatoms. The first-order valence-corrected chi connectivity index (χ1v) is 5.21. The SMILES string of the molecule is CCc1nc(COc2ccc(Cl)nc2)no1. The number of hydrogen-bond donors (Lipinski definition) is 0. The fourth-order valence-electron chi connectivity index (χ4n) is 1.09. The van der Waals surface area contributed by atoms with Crippen LogP contribution in [0.15, 0.2) is 22.9 Å². The lowest BCUT2D eigenvalue weighted by Crippen LogP contribution is -1.98. The second kappa shape index (κ2) is 4.94. The van der Waals surface area contributed by atoms with Crippen molar-refractivity contribution in [1.29, 1.82) is 0 Å². The van der Waals surface area contributed by atoms with Crippen molar-refractivity contribution in [1.82, 2.24) is 15.1 Å². The molecule has 2 aromatic heterocycles. The van der Waals surface area contributed by atoms with Crippen molar-refractivity contribution in [3.63, 3.8) is 0 Å². The second-order valence-corrected chi connectivity index (χ2v) is 3.45. The number of halogens is 1. The normalized spacial score (nSPS) is 10.4. The van der Waals surface area contributed by atoms with Gasteiger partial charge in [0, 0.05) is 6.42 Å². The minimum Gasteiger partial charge on any atom is -0.484 e. The van der Waals surface area contributed by atoms with Crippen LogP contribution < -0.4 is 4.74 Å². The molecule has 2 heterocycles. The van der Waals surface area contributed by atoms with Crippen molar-refractivity contribution >= 4 is 11.6 Å². The van der Waals surface area contributed by atoms with Gasteiger partial charge in [-0.1, -0.05) is 23.7 Å². The smallest absolute Gasteiger partial charge is 0.226 e. The number of hydrogen-bond acceptors (Lipinski definition) is 5. The van der Waals surface area contributed by atoms with E-state index < -0.39 is 0 Å². The van der Waals surface area contributed by atoms with E-state index in [1.165, 1.54) is 0 Å². The maximum absolute atomic E-state index is 5.64. The Balaban J connectivity index is 1.94. The molecule has 0 aliphatic heterocycles. The predicted octanol–water partition coefficient (Wildman–Crippen LogP) is 2.26. The molecule has 0 saturated carbocycles. The van der Waals surface area contributed by atoms with E-state index in [0.717, 1.165) is 6.42 Å². The average Bonchev–Trinajstić information content (AvgIpc) is 2.76. The Bertz CT molecular complexity index is 455. The lowest BCUT2D eigenvalue weighted by molar-refractivity contribution is 0.284. The molecule has 0 radical (unpaired) electrons. The van der Waals surface area contributed by atoms with Crippen LogP contribution in [-0.2, 0) is 13.0 Å². The third kappa shape index (κ3) is 2.70. The van der Waals surface area contributed by atoms with Gasteiger partial charge in [-0.25, -0.2) is 4.98 Å². The number of rotatable bonds is 4. The van der Waals surface area contributed by atoms with Gasteiger partial charge < -0.3 is 9.26 Å². The van der Waals surface area contributed by atoms with Gasteiger partial charge in [0.2, 0.25) is 11.7 Å². The van der Waals surface area contributed by atoms with Gasteiger partial charge in [-0.05, 0) is 12.1 Å². The largest absolute Gasteiger partial charge is 0.484 e. The Morgan fingerprint density at radius 3 is 2.94 bits per heavy atom. The van der Waals surface area contributed by atoms with Crippen LogP contribution >= 0.6 is 11.6 Å². The molecule has 2 rings (SSSR count). The van der Waals surface area contributed by atoms with Gasteiger partial charge in [0.05, 0.1) is 6.20 Å². The summed E-state index contributed by atoms with van der Waals surface area (Å²) in [7, 11) is 0. The quantitative estimate of drug-likeness (QED) is 0.766. The molecule has 0 fully saturated rings. The summed E-state index contributed by atoms with van der Waals surface area (Å²) in [5.74, 6) is 1.74. The number of nitrogens with zero attached hydrogens (tertiary/aromatic N) is 3. The zero-order valence-electron chi connectivity index (χ0n) is 8.68. The summed E-state index contributed by atoms with van der Waals surface area (Å²) in [5, 5.41) is 4.19. The van der Waals surface area contributed by atoms with Crippen LogP contribution in [0.2, 0.25) is 5.15 Å². The van der Waals surface area contributed by atoms with Gasteiger partial charge in [0.1, 0.15) is 10.9 Å². The molecule has 16 heavy (non-hydrogen) atoms. The summed E-state index contributed by atoms with van der Waals surface area (Å²) in [6.07, 6.45) is 2.26. The van der Waals surface area contributed by atoms with Crippen molar-refractivity contribution in [3.05, 3.63) is 35.2 Å². The summed E-state index contributed by atoms with van der Waals surface area (Å²) < 4.78 is 10.3. The molecule has 0 amide bonds. The van der Waals surface area contributed by atoms with Gasteiger partial charge in [0.15, 0.2) is 6.61 Å². The highest BCUT2D eigenvalue weighted by atomic mass is 35.5. The predicted molar refractivity (Wildman–Crippen MR) is 57.3 cm³/mol. The van der Waals surface area contributed by atoms with Crippen molar-refractivity contribution in [2.75, 3.05) is 0 Å². The number of ether oxygens (including phenoxy) is 1. The monoisotopic (exact) mass is 239 g/mol. The van der Waals surface area contributed by atoms with Crippen molar-refractivity contribution < 1.29 is 9.26 Å². The number of pyridine rings is 1. The highest BCUT2D eigenvalue weighted by Gasteiger charge is 2.04. The molecule has 0 bridgehead atoms. The molecule has 0 aliphatic carbocycles. The van der Waals surface area contributed by atoms with Gasteiger partial charge in [0.25, 0.3) is 0 Å². The van der Waals surface area contributed by atoms with E-state index in [9.17, 15) is 0 Å². The van der Waals surface area contributed by atoms with E-state index in [2.05, 4.69) is 15.1 Å². The van der Waals surface area contributed by atoms with Crippen LogP contribution in [0.25, 0.3) is 0 Å². The highest BCUT2D eigenvalue weighted by Crippen LogP contribution is 2.13. The standard InChI is InChI=1S/C10H10ClN3O2/c1-2-10-13-9(14-16-10)6-15-7-3-4-8(11)12-5-7/h3-5H,2,6H2,1H3. The van der Waals surface area contributed by atoms with Crippen molar-refractivity contribution in [2.24, 2.45) is 0 Å². The van der Waals surface area contributed by atoms with E-state index in [1.807, 2.05) is 6.92 Å². The first kappa shape index (κ1) is 10.9. The van der Waals surface area contributed by atoms with Gasteiger partial charge in [-0.15, -0.1) is 0 Å². The van der Waals surface area contributed by atoms with Crippen LogP contribution in [0, 0.1) is 0 Å². The molecular weight excluding hydrogens is 230 g/mol. The number of aryl methyl sites for hydroxylation is 1. The molecule has 0 unspecified atom stereocenters. The molecular formula is C10H10ClN3O2. The Hall–Kier alpha value is -1.62. The summed E-state index contributed by atoms with van der Waals surface area (Å²) >= 11 is 5.64. The van der Waals surface area contributed by atoms with Crippen LogP contribution in [-0.4, -0.2) is 15.1 Å². The third-order valence-corrected chi connectivity index (χ3v) is 2.10.